The second-order valence-corrected chi connectivity index (χ2v) is 4.61. The number of hydrogen-bond acceptors (Lipinski definition) is 3. The highest BCUT2D eigenvalue weighted by atomic mass is 16.5. The first-order valence-electron chi connectivity index (χ1n) is 7.49. The van der Waals surface area contributed by atoms with Gasteiger partial charge in [-0.15, -0.1) is 0 Å². The number of rotatable bonds is 10. The molecule has 0 spiro atoms. The van der Waals surface area contributed by atoms with Crippen LogP contribution in [0.5, 0.6) is 0 Å². The number of ether oxygens (including phenoxy) is 1. The molecule has 0 unspecified atom stereocenters. The van der Waals surface area contributed by atoms with E-state index in [1.807, 2.05) is 6.92 Å². The third kappa shape index (κ3) is 9.73. The van der Waals surface area contributed by atoms with Crippen molar-refractivity contribution in [1.82, 2.24) is 15.5 Å². The fourth-order valence-electron chi connectivity index (χ4n) is 1.80. The highest BCUT2D eigenvalue weighted by molar-refractivity contribution is 5.79. The van der Waals surface area contributed by atoms with Gasteiger partial charge in [-0.2, -0.15) is 0 Å². The Hall–Kier alpha value is -0.810. The minimum atomic E-state index is 0.577. The molecule has 19 heavy (non-hydrogen) atoms. The molecule has 114 valence electrons. The van der Waals surface area contributed by atoms with Crippen LogP contribution in [0.2, 0.25) is 0 Å². The quantitative estimate of drug-likeness (QED) is 0.358. The van der Waals surface area contributed by atoms with Crippen LogP contribution in [0.1, 0.15) is 34.6 Å². The number of likely N-dealkylation sites (N-methyl/N-ethyl adjacent to an activating group) is 1. The van der Waals surface area contributed by atoms with E-state index in [-0.39, 0.29) is 0 Å². The van der Waals surface area contributed by atoms with Gasteiger partial charge in [0.1, 0.15) is 0 Å². The Morgan fingerprint density at radius 1 is 1.21 bits per heavy atom. The summed E-state index contributed by atoms with van der Waals surface area (Å²) in [5.74, 6) is 0.877. The van der Waals surface area contributed by atoms with Gasteiger partial charge < -0.3 is 15.4 Å². The molecule has 0 saturated heterocycles. The predicted octanol–water partition coefficient (Wildman–Crippen LogP) is 1.31. The van der Waals surface area contributed by atoms with Crippen molar-refractivity contribution >= 4 is 5.96 Å². The van der Waals surface area contributed by atoms with Gasteiger partial charge in [0, 0.05) is 32.3 Å². The van der Waals surface area contributed by atoms with Crippen molar-refractivity contribution in [2.24, 2.45) is 4.99 Å². The van der Waals surface area contributed by atoms with E-state index < -0.39 is 0 Å². The molecule has 0 aliphatic carbocycles. The summed E-state index contributed by atoms with van der Waals surface area (Å²) in [5, 5.41) is 6.52. The van der Waals surface area contributed by atoms with Crippen molar-refractivity contribution in [3.05, 3.63) is 0 Å². The van der Waals surface area contributed by atoms with Crippen LogP contribution in [-0.2, 0) is 4.74 Å². The molecule has 0 aromatic rings. The van der Waals surface area contributed by atoms with Crippen LogP contribution in [0.3, 0.4) is 0 Å². The van der Waals surface area contributed by atoms with Crippen molar-refractivity contribution < 1.29 is 4.74 Å². The minimum absolute atomic E-state index is 0.577. The lowest BCUT2D eigenvalue weighted by Gasteiger charge is -2.23. The zero-order valence-corrected chi connectivity index (χ0v) is 13.3. The summed E-state index contributed by atoms with van der Waals surface area (Å²) in [7, 11) is 0. The molecule has 2 N–H and O–H groups in total. The zero-order valence-electron chi connectivity index (χ0n) is 13.3. The van der Waals surface area contributed by atoms with Crippen molar-refractivity contribution in [2.45, 2.75) is 40.7 Å². The van der Waals surface area contributed by atoms with Crippen molar-refractivity contribution in [3.8, 4) is 0 Å². The second-order valence-electron chi connectivity index (χ2n) is 4.61. The van der Waals surface area contributed by atoms with E-state index >= 15 is 0 Å². The molecule has 0 bridgehead atoms. The molecule has 0 aliphatic rings. The Labute approximate surface area is 118 Å². The summed E-state index contributed by atoms with van der Waals surface area (Å²) >= 11 is 0. The summed E-state index contributed by atoms with van der Waals surface area (Å²) in [6, 6.07) is 0.577. The van der Waals surface area contributed by atoms with Gasteiger partial charge in [-0.1, -0.05) is 6.92 Å². The Balaban J connectivity index is 4.03. The van der Waals surface area contributed by atoms with Crippen LogP contribution in [0.4, 0.5) is 0 Å². The summed E-state index contributed by atoms with van der Waals surface area (Å²) in [4.78, 5) is 6.99. The van der Waals surface area contributed by atoms with Crippen molar-refractivity contribution in [2.75, 3.05) is 45.9 Å². The largest absolute Gasteiger partial charge is 0.380 e. The van der Waals surface area contributed by atoms with E-state index in [9.17, 15) is 0 Å². The van der Waals surface area contributed by atoms with Gasteiger partial charge >= 0.3 is 0 Å². The molecule has 0 atom stereocenters. The molecule has 0 aromatic heterocycles. The Morgan fingerprint density at radius 2 is 1.95 bits per heavy atom. The first kappa shape index (κ1) is 18.2. The molecule has 0 heterocycles. The molecule has 0 fully saturated rings. The van der Waals surface area contributed by atoms with Gasteiger partial charge in [0.05, 0.1) is 13.2 Å². The van der Waals surface area contributed by atoms with Gasteiger partial charge in [-0.3, -0.25) is 9.89 Å². The monoisotopic (exact) mass is 272 g/mol. The second kappa shape index (κ2) is 12.2. The van der Waals surface area contributed by atoms with Crippen LogP contribution in [0, 0.1) is 0 Å². The van der Waals surface area contributed by atoms with Crippen molar-refractivity contribution in [1.29, 1.82) is 0 Å². The van der Waals surface area contributed by atoms with Crippen LogP contribution >= 0.6 is 0 Å². The summed E-state index contributed by atoms with van der Waals surface area (Å²) in [6.07, 6.45) is 0. The normalized spacial score (nSPS) is 12.3. The van der Waals surface area contributed by atoms with Gasteiger partial charge in [0.15, 0.2) is 5.96 Å². The fraction of sp³-hybridized carbons (Fsp3) is 0.929. The summed E-state index contributed by atoms with van der Waals surface area (Å²) in [5.41, 5.74) is 0. The lowest BCUT2D eigenvalue weighted by Crippen LogP contribution is -2.40. The maximum atomic E-state index is 5.30. The Kier molecular flexibility index (Phi) is 11.7. The molecular weight excluding hydrogens is 240 g/mol. The van der Waals surface area contributed by atoms with Crippen LogP contribution in [0.25, 0.3) is 0 Å². The van der Waals surface area contributed by atoms with Gasteiger partial charge in [-0.25, -0.2) is 0 Å². The standard InChI is InChI=1S/C14H32N4O/c1-6-15-14(17-10-12-19-8-3)16-9-11-18(7-2)13(4)5/h13H,6-12H2,1-5H3,(H2,15,16,17). The topological polar surface area (TPSA) is 48.9 Å². The van der Waals surface area contributed by atoms with E-state index in [0.29, 0.717) is 12.6 Å². The molecule has 0 aromatic carbocycles. The first-order chi connectivity index (χ1) is 9.15. The predicted molar refractivity (Wildman–Crippen MR) is 82.9 cm³/mol. The lowest BCUT2D eigenvalue weighted by molar-refractivity contribution is 0.152. The van der Waals surface area contributed by atoms with E-state index in [1.165, 1.54) is 0 Å². The molecule has 5 nitrogen and oxygen atoms in total. The molecule has 0 rings (SSSR count). The molecule has 0 aliphatic heterocycles. The number of aliphatic imine (C=N–C) groups is 1. The van der Waals surface area contributed by atoms with Crippen LogP contribution in [-0.4, -0.2) is 62.8 Å². The Bertz CT molecular complexity index is 231. The summed E-state index contributed by atoms with van der Waals surface area (Å²) < 4.78 is 5.30. The van der Waals surface area contributed by atoms with E-state index in [2.05, 4.69) is 48.2 Å². The number of guanidine groups is 1. The Morgan fingerprint density at radius 3 is 2.47 bits per heavy atom. The van der Waals surface area contributed by atoms with Gasteiger partial charge in [0.25, 0.3) is 0 Å². The summed E-state index contributed by atoms with van der Waals surface area (Å²) in [6.45, 7) is 16.7. The van der Waals surface area contributed by atoms with Crippen molar-refractivity contribution in [3.63, 3.8) is 0 Å². The van der Waals surface area contributed by atoms with E-state index in [4.69, 9.17) is 4.74 Å². The molecular formula is C14H32N4O. The molecule has 0 amide bonds. The lowest BCUT2D eigenvalue weighted by atomic mass is 10.3. The fourth-order valence-corrected chi connectivity index (χ4v) is 1.80. The van der Waals surface area contributed by atoms with E-state index in [0.717, 1.165) is 45.3 Å². The highest BCUT2D eigenvalue weighted by Gasteiger charge is 2.05. The maximum Gasteiger partial charge on any atom is 0.191 e. The molecule has 0 saturated carbocycles. The first-order valence-corrected chi connectivity index (χ1v) is 7.49. The van der Waals surface area contributed by atoms with Crippen LogP contribution in [0.15, 0.2) is 4.99 Å². The third-order valence-corrected chi connectivity index (χ3v) is 2.88. The van der Waals surface area contributed by atoms with Gasteiger partial charge in [0.2, 0.25) is 0 Å². The third-order valence-electron chi connectivity index (χ3n) is 2.88. The smallest absolute Gasteiger partial charge is 0.191 e. The average molecular weight is 272 g/mol. The number of nitrogens with zero attached hydrogens (tertiary/aromatic N) is 2. The number of hydrogen-bond donors (Lipinski definition) is 2. The van der Waals surface area contributed by atoms with Gasteiger partial charge in [-0.05, 0) is 34.2 Å². The highest BCUT2D eigenvalue weighted by Crippen LogP contribution is 1.96. The minimum Gasteiger partial charge on any atom is -0.380 e. The zero-order chi connectivity index (χ0) is 14.5. The SMILES string of the molecule is CCNC(=NCCN(CC)C(C)C)NCCOCC. The molecule has 0 radical (unpaired) electrons. The molecule has 5 heteroatoms. The van der Waals surface area contributed by atoms with Crippen LogP contribution < -0.4 is 10.6 Å². The number of nitrogens with one attached hydrogen (secondary N) is 2. The maximum absolute atomic E-state index is 5.30. The van der Waals surface area contributed by atoms with E-state index in [1.54, 1.807) is 0 Å². The average Bonchev–Trinajstić information content (AvgIpc) is 2.39.